The smallest absolute Gasteiger partial charge is 0.255 e. The Balaban J connectivity index is 1.67. The summed E-state index contributed by atoms with van der Waals surface area (Å²) in [4.78, 5) is 19.1. The highest BCUT2D eigenvalue weighted by Gasteiger charge is 2.35. The van der Waals surface area contributed by atoms with Crippen molar-refractivity contribution in [3.05, 3.63) is 59.8 Å². The Kier molecular flexibility index (Phi) is 5.37. The Morgan fingerprint density at radius 3 is 2.64 bits per heavy atom. The van der Waals surface area contributed by atoms with E-state index in [2.05, 4.69) is 50.0 Å². The average molecular weight is 338 g/mol. The molecule has 1 aliphatic rings. The van der Waals surface area contributed by atoms with Crippen LogP contribution in [0.5, 0.6) is 5.88 Å². The molecule has 1 aromatic carbocycles. The number of hydrogen-bond acceptors (Lipinski definition) is 3. The van der Waals surface area contributed by atoms with Crippen LogP contribution in [0.1, 0.15) is 49.0 Å². The number of aromatic nitrogens is 1. The van der Waals surface area contributed by atoms with Crippen molar-refractivity contribution in [2.24, 2.45) is 5.92 Å². The summed E-state index contributed by atoms with van der Waals surface area (Å²) in [7, 11) is 0. The van der Waals surface area contributed by atoms with Gasteiger partial charge in [-0.2, -0.15) is 0 Å². The first-order valence-electron chi connectivity index (χ1n) is 9.01. The van der Waals surface area contributed by atoms with Gasteiger partial charge >= 0.3 is 0 Å². The molecule has 0 radical (unpaired) electrons. The maximum atomic E-state index is 12.9. The van der Waals surface area contributed by atoms with E-state index in [1.165, 1.54) is 5.56 Å². The van der Waals surface area contributed by atoms with Gasteiger partial charge < -0.3 is 9.64 Å². The summed E-state index contributed by atoms with van der Waals surface area (Å²) in [6, 6.07) is 14.2. The maximum Gasteiger partial charge on any atom is 0.255 e. The normalized spacial score (nSPS) is 20.1. The van der Waals surface area contributed by atoms with E-state index in [4.69, 9.17) is 4.74 Å². The van der Waals surface area contributed by atoms with Crippen LogP contribution in [0.15, 0.2) is 48.7 Å². The molecule has 0 bridgehead atoms. The molecule has 1 aliphatic heterocycles. The third kappa shape index (κ3) is 4.01. The van der Waals surface area contributed by atoms with E-state index >= 15 is 0 Å². The molecule has 4 heteroatoms. The third-order valence-electron chi connectivity index (χ3n) is 4.79. The molecule has 0 spiro atoms. The number of amides is 1. The first kappa shape index (κ1) is 17.5. The lowest BCUT2D eigenvalue weighted by Gasteiger charge is -2.25. The van der Waals surface area contributed by atoms with Gasteiger partial charge in [0.15, 0.2) is 0 Å². The van der Waals surface area contributed by atoms with Crippen LogP contribution in [0, 0.1) is 5.92 Å². The van der Waals surface area contributed by atoms with Gasteiger partial charge in [-0.15, -0.1) is 0 Å². The topological polar surface area (TPSA) is 42.4 Å². The first-order chi connectivity index (χ1) is 12.1. The van der Waals surface area contributed by atoms with Gasteiger partial charge in [0.1, 0.15) is 0 Å². The molecule has 0 aliphatic carbocycles. The molecule has 2 aromatic rings. The van der Waals surface area contributed by atoms with Crippen molar-refractivity contribution in [1.29, 1.82) is 0 Å². The lowest BCUT2D eigenvalue weighted by molar-refractivity contribution is 0.0741. The molecule has 132 valence electrons. The van der Waals surface area contributed by atoms with Crippen molar-refractivity contribution in [3.63, 3.8) is 0 Å². The summed E-state index contributed by atoms with van der Waals surface area (Å²) in [6.45, 7) is 7.73. The maximum absolute atomic E-state index is 12.9. The molecule has 1 amide bonds. The molecule has 4 nitrogen and oxygen atoms in total. The lowest BCUT2D eigenvalue weighted by Crippen LogP contribution is -2.35. The monoisotopic (exact) mass is 338 g/mol. The molecule has 0 saturated carbocycles. The van der Waals surface area contributed by atoms with Crippen molar-refractivity contribution < 1.29 is 9.53 Å². The van der Waals surface area contributed by atoms with Crippen LogP contribution in [0.4, 0.5) is 0 Å². The second-order valence-electron chi connectivity index (χ2n) is 7.13. The summed E-state index contributed by atoms with van der Waals surface area (Å²) < 4.78 is 5.59. The van der Waals surface area contributed by atoms with Crippen LogP contribution < -0.4 is 4.74 Å². The van der Waals surface area contributed by atoms with Gasteiger partial charge in [0.05, 0.1) is 12.2 Å². The number of ether oxygens (including phenoxy) is 1. The van der Waals surface area contributed by atoms with E-state index in [1.807, 2.05) is 17.0 Å². The molecule has 1 aromatic heterocycles. The van der Waals surface area contributed by atoms with Crippen LogP contribution >= 0.6 is 0 Å². The molecule has 1 saturated heterocycles. The zero-order chi connectivity index (χ0) is 17.8. The van der Waals surface area contributed by atoms with Gasteiger partial charge in [-0.1, -0.05) is 44.2 Å². The van der Waals surface area contributed by atoms with Gasteiger partial charge in [-0.25, -0.2) is 4.98 Å². The van der Waals surface area contributed by atoms with Gasteiger partial charge in [0, 0.05) is 30.8 Å². The summed E-state index contributed by atoms with van der Waals surface area (Å²) in [5, 5.41) is 0. The van der Waals surface area contributed by atoms with Crippen molar-refractivity contribution in [2.75, 3.05) is 13.2 Å². The first-order valence-corrected chi connectivity index (χ1v) is 9.01. The number of benzene rings is 1. The molecular formula is C21H26N2O2. The molecule has 3 rings (SSSR count). The molecule has 0 N–H and O–H groups in total. The second kappa shape index (κ2) is 7.68. The minimum absolute atomic E-state index is 0.0499. The number of carbonyl (C=O) groups is 1. The molecule has 1 fully saturated rings. The van der Waals surface area contributed by atoms with Gasteiger partial charge in [0.2, 0.25) is 5.88 Å². The lowest BCUT2D eigenvalue weighted by atomic mass is 9.93. The summed E-state index contributed by atoms with van der Waals surface area (Å²) in [6.07, 6.45) is 2.63. The van der Waals surface area contributed by atoms with Crippen LogP contribution in [0.3, 0.4) is 0 Å². The number of pyridine rings is 1. The Morgan fingerprint density at radius 1 is 1.24 bits per heavy atom. The highest BCUT2D eigenvalue weighted by Crippen LogP contribution is 2.34. The fourth-order valence-corrected chi connectivity index (χ4v) is 3.38. The van der Waals surface area contributed by atoms with Crippen molar-refractivity contribution in [1.82, 2.24) is 9.88 Å². The van der Waals surface area contributed by atoms with Crippen molar-refractivity contribution in [3.8, 4) is 5.88 Å². The van der Waals surface area contributed by atoms with Gasteiger partial charge in [0.25, 0.3) is 5.91 Å². The summed E-state index contributed by atoms with van der Waals surface area (Å²) in [5.41, 5.74) is 1.93. The molecule has 25 heavy (non-hydrogen) atoms. The number of carbonyl (C=O) groups excluding carboxylic acids is 1. The Labute approximate surface area is 149 Å². The van der Waals surface area contributed by atoms with E-state index in [0.717, 1.165) is 13.0 Å². The highest BCUT2D eigenvalue weighted by molar-refractivity contribution is 5.94. The van der Waals surface area contributed by atoms with E-state index in [1.54, 1.807) is 12.3 Å². The number of nitrogens with zero attached hydrogens (tertiary/aromatic N) is 2. The van der Waals surface area contributed by atoms with Gasteiger partial charge in [-0.3, -0.25) is 4.79 Å². The van der Waals surface area contributed by atoms with E-state index < -0.39 is 0 Å². The molecule has 0 unspecified atom stereocenters. The van der Waals surface area contributed by atoms with E-state index in [-0.39, 0.29) is 11.9 Å². The second-order valence-corrected chi connectivity index (χ2v) is 7.13. The fraction of sp³-hybridized carbons (Fsp3) is 0.429. The number of hydrogen-bond donors (Lipinski definition) is 0. The third-order valence-corrected chi connectivity index (χ3v) is 4.79. The largest absolute Gasteiger partial charge is 0.477 e. The quantitative estimate of drug-likeness (QED) is 0.823. The standard InChI is InChI=1S/C21H26N2O2/c1-15(2)14-25-20-10-9-18(13-22-20)21(24)23-12-11-19(16(23)3)17-7-5-4-6-8-17/h4-10,13,15-16,19H,11-12,14H2,1-3H3/t16-,19-/m1/s1. The minimum Gasteiger partial charge on any atom is -0.477 e. The minimum atomic E-state index is 0.0499. The predicted octanol–water partition coefficient (Wildman–Crippen LogP) is 4.13. The predicted molar refractivity (Wildman–Crippen MR) is 98.9 cm³/mol. The summed E-state index contributed by atoms with van der Waals surface area (Å²) >= 11 is 0. The zero-order valence-electron chi connectivity index (χ0n) is 15.2. The van der Waals surface area contributed by atoms with Crippen LogP contribution in [-0.2, 0) is 0 Å². The van der Waals surface area contributed by atoms with Crippen LogP contribution in [-0.4, -0.2) is 35.0 Å². The Morgan fingerprint density at radius 2 is 2.00 bits per heavy atom. The summed E-state index contributed by atoms with van der Waals surface area (Å²) in [5.74, 6) is 1.46. The zero-order valence-corrected chi connectivity index (χ0v) is 15.2. The number of rotatable bonds is 5. The Bertz CT molecular complexity index is 698. The van der Waals surface area contributed by atoms with Crippen molar-refractivity contribution >= 4 is 5.91 Å². The van der Waals surface area contributed by atoms with Crippen molar-refractivity contribution in [2.45, 2.75) is 39.2 Å². The van der Waals surface area contributed by atoms with Crippen LogP contribution in [0.25, 0.3) is 0 Å². The molecular weight excluding hydrogens is 312 g/mol. The van der Waals surface area contributed by atoms with Crippen LogP contribution in [0.2, 0.25) is 0 Å². The molecule has 2 heterocycles. The van der Waals surface area contributed by atoms with E-state index in [0.29, 0.717) is 29.9 Å². The average Bonchev–Trinajstić information content (AvgIpc) is 3.02. The van der Waals surface area contributed by atoms with E-state index in [9.17, 15) is 4.79 Å². The fourth-order valence-electron chi connectivity index (χ4n) is 3.38. The SMILES string of the molecule is CC(C)COc1ccc(C(=O)N2CC[C@@H](c3ccccc3)[C@H]2C)cn1. The number of likely N-dealkylation sites (tertiary alicyclic amines) is 1. The molecule has 2 atom stereocenters. The Hall–Kier alpha value is -2.36. The highest BCUT2D eigenvalue weighted by atomic mass is 16.5. The van der Waals surface area contributed by atoms with Gasteiger partial charge in [-0.05, 0) is 30.9 Å².